The monoisotopic (exact) mass is 441 g/mol. The van der Waals surface area contributed by atoms with Crippen LogP contribution in [0.4, 0.5) is 0 Å². The molecule has 2 heterocycles. The van der Waals surface area contributed by atoms with E-state index in [-0.39, 0.29) is 11.9 Å². The lowest BCUT2D eigenvalue weighted by atomic mass is 9.81. The van der Waals surface area contributed by atoms with Gasteiger partial charge in [-0.15, -0.1) is 0 Å². The molecule has 2 saturated heterocycles. The molecule has 3 fully saturated rings. The first-order valence-corrected chi connectivity index (χ1v) is 11.4. The summed E-state index contributed by atoms with van der Waals surface area (Å²) in [4.78, 5) is 2.48. The maximum absolute atomic E-state index is 6.43. The molecule has 6 nitrogen and oxygen atoms in total. The minimum Gasteiger partial charge on any atom is -0.497 e. The van der Waals surface area contributed by atoms with Gasteiger partial charge in [0.15, 0.2) is 17.3 Å². The second-order valence-corrected chi connectivity index (χ2v) is 8.80. The fraction of sp³-hybridized carbons (Fsp3) is 0.538. The standard InChI is InChI=1S/C18H25NO3.C8H10O2/c1-19-9-7-13-6-8-18(11-16(13)19)21-12-17(22-18)14-4-3-5-15(10-14)20-2;1-9-7-5-3-4-6-8(7)10-2/h3-5,10,13,16-17H,6-9,11-12H2,1-2H3;3-6H,1-2H3. The zero-order chi connectivity index (χ0) is 22.6. The highest BCUT2D eigenvalue weighted by Crippen LogP contribution is 2.47. The fourth-order valence-electron chi connectivity index (χ4n) is 5.16. The summed E-state index contributed by atoms with van der Waals surface area (Å²) in [7, 11) is 7.18. The van der Waals surface area contributed by atoms with E-state index >= 15 is 0 Å². The first kappa shape index (κ1) is 22.9. The van der Waals surface area contributed by atoms with Crippen LogP contribution < -0.4 is 14.2 Å². The van der Waals surface area contributed by atoms with E-state index in [1.54, 1.807) is 21.3 Å². The van der Waals surface area contributed by atoms with Crippen molar-refractivity contribution in [2.75, 3.05) is 41.5 Å². The zero-order valence-electron chi connectivity index (χ0n) is 19.6. The average molecular weight is 442 g/mol. The van der Waals surface area contributed by atoms with Gasteiger partial charge >= 0.3 is 0 Å². The molecule has 2 aromatic carbocycles. The SMILES string of the molecule is COc1cccc(C2COC3(CCC4CCN(C)C4C3)O2)c1.COc1ccccc1OC. The van der Waals surface area contributed by atoms with Crippen LogP contribution in [0.25, 0.3) is 0 Å². The molecule has 2 aliphatic heterocycles. The van der Waals surface area contributed by atoms with Crippen molar-refractivity contribution < 1.29 is 23.7 Å². The van der Waals surface area contributed by atoms with Gasteiger partial charge in [0.25, 0.3) is 0 Å². The van der Waals surface area contributed by atoms with Crippen molar-refractivity contribution in [3.8, 4) is 17.2 Å². The van der Waals surface area contributed by atoms with Crippen molar-refractivity contribution in [2.24, 2.45) is 5.92 Å². The number of methoxy groups -OCH3 is 3. The Bertz CT molecular complexity index is 867. The van der Waals surface area contributed by atoms with E-state index in [0.717, 1.165) is 41.6 Å². The Morgan fingerprint density at radius 1 is 0.938 bits per heavy atom. The fourth-order valence-corrected chi connectivity index (χ4v) is 5.16. The number of fused-ring (bicyclic) bond motifs is 1. The molecule has 0 aromatic heterocycles. The predicted octanol–water partition coefficient (Wildman–Crippen LogP) is 4.69. The average Bonchev–Trinajstić information content (AvgIpc) is 3.43. The highest BCUT2D eigenvalue weighted by Gasteiger charge is 2.50. The van der Waals surface area contributed by atoms with Gasteiger partial charge in [0.1, 0.15) is 11.9 Å². The summed E-state index contributed by atoms with van der Waals surface area (Å²) in [5.41, 5.74) is 1.15. The number of benzene rings is 2. The molecule has 3 aliphatic rings. The van der Waals surface area contributed by atoms with E-state index in [1.165, 1.54) is 19.4 Å². The summed E-state index contributed by atoms with van der Waals surface area (Å²) < 4.78 is 28.0. The van der Waals surface area contributed by atoms with Crippen LogP contribution in [0.1, 0.15) is 37.4 Å². The molecule has 1 spiro atoms. The van der Waals surface area contributed by atoms with E-state index in [0.29, 0.717) is 12.6 Å². The Balaban J connectivity index is 0.000000207. The van der Waals surface area contributed by atoms with Crippen LogP contribution in [0.3, 0.4) is 0 Å². The highest BCUT2D eigenvalue weighted by molar-refractivity contribution is 5.39. The quantitative estimate of drug-likeness (QED) is 0.686. The second-order valence-electron chi connectivity index (χ2n) is 8.80. The maximum atomic E-state index is 6.43. The van der Waals surface area contributed by atoms with Crippen molar-refractivity contribution in [2.45, 2.75) is 43.6 Å². The van der Waals surface area contributed by atoms with Crippen LogP contribution in [-0.2, 0) is 9.47 Å². The molecule has 1 saturated carbocycles. The molecule has 32 heavy (non-hydrogen) atoms. The first-order chi connectivity index (χ1) is 15.6. The smallest absolute Gasteiger partial charge is 0.170 e. The molecule has 174 valence electrons. The summed E-state index contributed by atoms with van der Waals surface area (Å²) >= 11 is 0. The predicted molar refractivity (Wildman–Crippen MR) is 123 cm³/mol. The van der Waals surface area contributed by atoms with Crippen molar-refractivity contribution in [1.29, 1.82) is 0 Å². The van der Waals surface area contributed by atoms with Gasteiger partial charge in [-0.3, -0.25) is 0 Å². The van der Waals surface area contributed by atoms with E-state index in [9.17, 15) is 0 Å². The van der Waals surface area contributed by atoms with Crippen LogP contribution in [0.15, 0.2) is 48.5 Å². The van der Waals surface area contributed by atoms with Crippen LogP contribution in [0.5, 0.6) is 17.2 Å². The summed E-state index contributed by atoms with van der Waals surface area (Å²) in [6.45, 7) is 1.86. The largest absolute Gasteiger partial charge is 0.497 e. The molecular formula is C26H35NO5. The molecule has 0 N–H and O–H groups in total. The topological polar surface area (TPSA) is 49.4 Å². The number of rotatable bonds is 4. The molecule has 5 rings (SSSR count). The van der Waals surface area contributed by atoms with Gasteiger partial charge in [-0.05, 0) is 62.2 Å². The third-order valence-corrected chi connectivity index (χ3v) is 6.99. The molecule has 1 aliphatic carbocycles. The van der Waals surface area contributed by atoms with Gasteiger partial charge in [0.05, 0.1) is 27.9 Å². The van der Waals surface area contributed by atoms with E-state index in [2.05, 4.69) is 24.1 Å². The zero-order valence-corrected chi connectivity index (χ0v) is 19.6. The second kappa shape index (κ2) is 10.1. The van der Waals surface area contributed by atoms with Crippen LogP contribution in [0.2, 0.25) is 0 Å². The van der Waals surface area contributed by atoms with Crippen molar-refractivity contribution in [3.05, 3.63) is 54.1 Å². The number of para-hydroxylation sites is 2. The summed E-state index contributed by atoms with van der Waals surface area (Å²) in [5.74, 6) is 2.88. The lowest BCUT2D eigenvalue weighted by Gasteiger charge is -2.40. The molecule has 6 heteroatoms. The van der Waals surface area contributed by atoms with Crippen LogP contribution >= 0.6 is 0 Å². The van der Waals surface area contributed by atoms with E-state index in [4.69, 9.17) is 23.7 Å². The third-order valence-electron chi connectivity index (χ3n) is 6.99. The van der Waals surface area contributed by atoms with Gasteiger partial charge in [-0.2, -0.15) is 0 Å². The molecule has 0 amide bonds. The van der Waals surface area contributed by atoms with Crippen molar-refractivity contribution >= 4 is 0 Å². The molecule has 0 bridgehead atoms. The number of hydrogen-bond donors (Lipinski definition) is 0. The Morgan fingerprint density at radius 2 is 1.69 bits per heavy atom. The summed E-state index contributed by atoms with van der Waals surface area (Å²) in [6, 6.07) is 16.3. The normalized spacial score (nSPS) is 29.2. The Hall–Kier alpha value is -2.28. The Morgan fingerprint density at radius 3 is 2.38 bits per heavy atom. The van der Waals surface area contributed by atoms with Gasteiger partial charge in [0.2, 0.25) is 0 Å². The molecule has 0 radical (unpaired) electrons. The van der Waals surface area contributed by atoms with Gasteiger partial charge in [-0.1, -0.05) is 24.3 Å². The molecule has 2 aromatic rings. The molecule has 4 atom stereocenters. The van der Waals surface area contributed by atoms with Crippen LogP contribution in [0, 0.1) is 5.92 Å². The Labute approximate surface area is 191 Å². The van der Waals surface area contributed by atoms with E-state index < -0.39 is 0 Å². The first-order valence-electron chi connectivity index (χ1n) is 11.4. The number of hydrogen-bond acceptors (Lipinski definition) is 6. The third kappa shape index (κ3) is 4.87. The number of likely N-dealkylation sites (tertiary alicyclic amines) is 1. The highest BCUT2D eigenvalue weighted by atomic mass is 16.7. The van der Waals surface area contributed by atoms with Crippen molar-refractivity contribution in [3.63, 3.8) is 0 Å². The minimum absolute atomic E-state index is 0.0263. The minimum atomic E-state index is -0.368. The van der Waals surface area contributed by atoms with Crippen LogP contribution in [-0.4, -0.2) is 58.3 Å². The van der Waals surface area contributed by atoms with Crippen molar-refractivity contribution in [1.82, 2.24) is 4.90 Å². The summed E-state index contributed by atoms with van der Waals surface area (Å²) in [5, 5.41) is 0. The maximum Gasteiger partial charge on any atom is 0.170 e. The Kier molecular flexibility index (Phi) is 7.23. The van der Waals surface area contributed by atoms with Gasteiger partial charge < -0.3 is 28.6 Å². The molecule has 4 unspecified atom stereocenters. The molecular weight excluding hydrogens is 406 g/mol. The lowest BCUT2D eigenvalue weighted by Crippen LogP contribution is -2.45. The van der Waals surface area contributed by atoms with Gasteiger partial charge in [-0.25, -0.2) is 0 Å². The summed E-state index contributed by atoms with van der Waals surface area (Å²) in [6.07, 6.45) is 4.62. The number of nitrogens with zero attached hydrogens (tertiary/aromatic N) is 1. The van der Waals surface area contributed by atoms with E-state index in [1.807, 2.05) is 36.4 Å². The van der Waals surface area contributed by atoms with Gasteiger partial charge in [0, 0.05) is 18.9 Å². The number of ether oxygens (including phenoxy) is 5. The lowest BCUT2D eigenvalue weighted by molar-refractivity contribution is -0.201.